The maximum Gasteiger partial charge on any atom is 0.115 e. The summed E-state index contributed by atoms with van der Waals surface area (Å²) in [6.45, 7) is 0. The Bertz CT molecular complexity index is 558. The molecule has 1 aliphatic rings. The highest BCUT2D eigenvalue weighted by molar-refractivity contribution is 6.30. The third kappa shape index (κ3) is 2.51. The van der Waals surface area contributed by atoms with E-state index in [1.54, 1.807) is 4.68 Å². The Kier molecular flexibility index (Phi) is 3.29. The van der Waals surface area contributed by atoms with Crippen molar-refractivity contribution in [3.8, 4) is 5.69 Å². The molecule has 1 fully saturated rings. The van der Waals surface area contributed by atoms with Gasteiger partial charge in [-0.3, -0.25) is 0 Å². The summed E-state index contributed by atoms with van der Waals surface area (Å²) in [5, 5.41) is 19.5. The van der Waals surface area contributed by atoms with E-state index in [0.717, 1.165) is 31.4 Å². The molecule has 2 aromatic rings. The molecule has 19 heavy (non-hydrogen) atoms. The molecule has 1 N–H and O–H groups in total. The Morgan fingerprint density at radius 2 is 1.79 bits per heavy atom. The monoisotopic (exact) mass is 277 g/mol. The fourth-order valence-corrected chi connectivity index (χ4v) is 2.72. The summed E-state index contributed by atoms with van der Waals surface area (Å²) in [6, 6.07) is 7.39. The third-order valence-corrected chi connectivity index (χ3v) is 3.99. The van der Waals surface area contributed by atoms with Gasteiger partial charge in [0.05, 0.1) is 11.9 Å². The minimum atomic E-state index is -0.803. The minimum absolute atomic E-state index is 0.669. The van der Waals surface area contributed by atoms with Crippen LogP contribution in [0, 0.1) is 0 Å². The summed E-state index contributed by atoms with van der Waals surface area (Å²) in [6.07, 6.45) is 6.63. The quantitative estimate of drug-likeness (QED) is 0.918. The summed E-state index contributed by atoms with van der Waals surface area (Å²) in [5.41, 5.74) is 0.757. The second kappa shape index (κ2) is 4.94. The Morgan fingerprint density at radius 1 is 1.11 bits per heavy atom. The maximum absolute atomic E-state index is 10.6. The van der Waals surface area contributed by atoms with E-state index < -0.39 is 5.60 Å². The number of hydrogen-bond acceptors (Lipinski definition) is 3. The van der Waals surface area contributed by atoms with Crippen molar-refractivity contribution in [2.24, 2.45) is 0 Å². The molecule has 0 amide bonds. The van der Waals surface area contributed by atoms with Crippen LogP contribution < -0.4 is 0 Å². The number of nitrogens with zero attached hydrogens (tertiary/aromatic N) is 3. The molecule has 0 spiro atoms. The van der Waals surface area contributed by atoms with E-state index in [1.165, 1.54) is 6.42 Å². The summed E-state index contributed by atoms with van der Waals surface area (Å²) in [4.78, 5) is 0. The zero-order valence-corrected chi connectivity index (χ0v) is 11.3. The van der Waals surface area contributed by atoms with Crippen molar-refractivity contribution in [1.82, 2.24) is 15.0 Å². The van der Waals surface area contributed by atoms with Gasteiger partial charge in [0.15, 0.2) is 0 Å². The smallest absolute Gasteiger partial charge is 0.115 e. The first-order chi connectivity index (χ1) is 9.17. The van der Waals surface area contributed by atoms with Crippen molar-refractivity contribution in [3.05, 3.63) is 41.2 Å². The van der Waals surface area contributed by atoms with Gasteiger partial charge in [-0.15, -0.1) is 5.10 Å². The predicted octanol–water partition coefficient (Wildman–Crippen LogP) is 3.07. The van der Waals surface area contributed by atoms with E-state index in [-0.39, 0.29) is 0 Å². The molecule has 0 saturated heterocycles. The third-order valence-electron chi connectivity index (χ3n) is 3.74. The first-order valence-corrected chi connectivity index (χ1v) is 6.96. The average Bonchev–Trinajstić information content (AvgIpc) is 2.91. The van der Waals surface area contributed by atoms with E-state index in [4.69, 9.17) is 11.6 Å². The summed E-state index contributed by atoms with van der Waals surface area (Å²) in [7, 11) is 0. The number of hydrogen-bond donors (Lipinski definition) is 1. The lowest BCUT2D eigenvalue weighted by Crippen LogP contribution is -2.28. The highest BCUT2D eigenvalue weighted by Gasteiger charge is 2.34. The SMILES string of the molecule is OC1(c2cn(-c3ccc(Cl)cc3)nn2)CCCCC1. The van der Waals surface area contributed by atoms with Gasteiger partial charge in [-0.05, 0) is 37.1 Å². The van der Waals surface area contributed by atoms with Gasteiger partial charge in [0.1, 0.15) is 11.3 Å². The largest absolute Gasteiger partial charge is 0.383 e. The minimum Gasteiger partial charge on any atom is -0.383 e. The number of halogens is 1. The van der Waals surface area contributed by atoms with Gasteiger partial charge in [-0.25, -0.2) is 4.68 Å². The molecule has 100 valence electrons. The van der Waals surface area contributed by atoms with Crippen LogP contribution in [-0.4, -0.2) is 20.1 Å². The van der Waals surface area contributed by atoms with Crippen molar-refractivity contribution in [3.63, 3.8) is 0 Å². The van der Waals surface area contributed by atoms with Gasteiger partial charge in [-0.1, -0.05) is 36.1 Å². The number of benzene rings is 1. The normalized spacial score (nSPS) is 18.4. The molecule has 0 atom stereocenters. The van der Waals surface area contributed by atoms with Crippen LogP contribution in [0.15, 0.2) is 30.5 Å². The van der Waals surface area contributed by atoms with Crippen LogP contribution in [0.2, 0.25) is 5.02 Å². The summed E-state index contributed by atoms with van der Waals surface area (Å²) >= 11 is 5.86. The molecule has 0 unspecified atom stereocenters. The fraction of sp³-hybridized carbons (Fsp3) is 0.429. The van der Waals surface area contributed by atoms with Crippen LogP contribution in [0.3, 0.4) is 0 Å². The molecule has 3 rings (SSSR count). The van der Waals surface area contributed by atoms with Crippen LogP contribution in [0.1, 0.15) is 37.8 Å². The van der Waals surface area contributed by atoms with Crippen molar-refractivity contribution < 1.29 is 5.11 Å². The average molecular weight is 278 g/mol. The Hall–Kier alpha value is -1.39. The van der Waals surface area contributed by atoms with Crippen LogP contribution in [-0.2, 0) is 5.60 Å². The molecule has 4 nitrogen and oxygen atoms in total. The first kappa shape index (κ1) is 12.6. The van der Waals surface area contributed by atoms with Crippen molar-refractivity contribution >= 4 is 11.6 Å². The van der Waals surface area contributed by atoms with Crippen molar-refractivity contribution in [2.75, 3.05) is 0 Å². The van der Waals surface area contributed by atoms with Gasteiger partial charge in [0.2, 0.25) is 0 Å². The topological polar surface area (TPSA) is 50.9 Å². The summed E-state index contributed by atoms with van der Waals surface area (Å²) < 4.78 is 1.68. The van der Waals surface area contributed by atoms with Crippen LogP contribution in [0.4, 0.5) is 0 Å². The molecule has 0 radical (unpaired) electrons. The maximum atomic E-state index is 10.6. The standard InChI is InChI=1S/C14H16ClN3O/c15-11-4-6-12(7-5-11)18-10-13(16-17-18)14(19)8-2-1-3-9-14/h4-7,10,19H,1-3,8-9H2. The van der Waals surface area contributed by atoms with Crippen molar-refractivity contribution in [1.29, 1.82) is 0 Å². The lowest BCUT2D eigenvalue weighted by atomic mass is 9.83. The zero-order valence-electron chi connectivity index (χ0n) is 10.6. The Balaban J connectivity index is 1.88. The second-order valence-electron chi connectivity index (χ2n) is 5.12. The second-order valence-corrected chi connectivity index (χ2v) is 5.55. The van der Waals surface area contributed by atoms with E-state index in [1.807, 2.05) is 30.5 Å². The molecular formula is C14H16ClN3O. The Morgan fingerprint density at radius 3 is 2.47 bits per heavy atom. The van der Waals surface area contributed by atoms with E-state index in [0.29, 0.717) is 10.7 Å². The Labute approximate surface area is 117 Å². The molecule has 0 bridgehead atoms. The van der Waals surface area contributed by atoms with Gasteiger partial charge in [0.25, 0.3) is 0 Å². The molecule has 1 aromatic carbocycles. The van der Waals surface area contributed by atoms with E-state index >= 15 is 0 Å². The van der Waals surface area contributed by atoms with Crippen LogP contribution in [0.25, 0.3) is 5.69 Å². The van der Waals surface area contributed by atoms with E-state index in [9.17, 15) is 5.11 Å². The molecular weight excluding hydrogens is 262 g/mol. The predicted molar refractivity (Wildman–Crippen MR) is 73.4 cm³/mol. The van der Waals surface area contributed by atoms with Gasteiger partial charge < -0.3 is 5.11 Å². The number of rotatable bonds is 2. The van der Waals surface area contributed by atoms with Crippen molar-refractivity contribution in [2.45, 2.75) is 37.7 Å². The lowest BCUT2D eigenvalue weighted by Gasteiger charge is -2.29. The molecule has 5 heteroatoms. The van der Waals surface area contributed by atoms with Crippen LogP contribution in [0.5, 0.6) is 0 Å². The van der Waals surface area contributed by atoms with Gasteiger partial charge >= 0.3 is 0 Å². The highest BCUT2D eigenvalue weighted by Crippen LogP contribution is 2.35. The molecule has 1 aliphatic carbocycles. The molecule has 1 saturated carbocycles. The van der Waals surface area contributed by atoms with Crippen LogP contribution >= 0.6 is 11.6 Å². The first-order valence-electron chi connectivity index (χ1n) is 6.59. The van der Waals surface area contributed by atoms with E-state index in [2.05, 4.69) is 10.3 Å². The number of aromatic nitrogens is 3. The molecule has 1 aromatic heterocycles. The summed E-state index contributed by atoms with van der Waals surface area (Å²) in [5.74, 6) is 0. The highest BCUT2D eigenvalue weighted by atomic mass is 35.5. The lowest BCUT2D eigenvalue weighted by molar-refractivity contribution is -0.00472. The van der Waals surface area contributed by atoms with Gasteiger partial charge in [-0.2, -0.15) is 0 Å². The zero-order chi connectivity index (χ0) is 13.3. The number of aliphatic hydroxyl groups is 1. The fourth-order valence-electron chi connectivity index (χ4n) is 2.59. The van der Waals surface area contributed by atoms with Gasteiger partial charge in [0, 0.05) is 5.02 Å². The molecule has 0 aliphatic heterocycles. The molecule has 1 heterocycles.